The molecule has 1 heterocycles. The summed E-state index contributed by atoms with van der Waals surface area (Å²) in [5.41, 5.74) is 11.6. The van der Waals surface area contributed by atoms with E-state index < -0.39 is 0 Å². The van der Waals surface area contributed by atoms with Crippen LogP contribution in [0.15, 0.2) is 199 Å². The molecule has 1 aromatic heterocycles. The minimum absolute atomic E-state index is 0.910. The predicted octanol–water partition coefficient (Wildman–Crippen LogP) is 14.9. The lowest BCUT2D eigenvalue weighted by atomic mass is 9.85. The average Bonchev–Trinajstić information content (AvgIpc) is 3.58. The summed E-state index contributed by atoms with van der Waals surface area (Å²) < 4.78 is 6.33. The first-order valence-electron chi connectivity index (χ1n) is 18.2. The molecule has 0 fully saturated rings. The van der Waals surface area contributed by atoms with Crippen molar-refractivity contribution >= 4 is 65.0 Å². The minimum atomic E-state index is 0.910. The van der Waals surface area contributed by atoms with E-state index in [0.717, 1.165) is 21.9 Å². The Kier molecular flexibility index (Phi) is 6.62. The Hall–Kier alpha value is -6.96. The smallest absolute Gasteiger partial charge is 0.136 e. The maximum absolute atomic E-state index is 6.33. The van der Waals surface area contributed by atoms with Gasteiger partial charge in [-0.1, -0.05) is 164 Å². The van der Waals surface area contributed by atoms with Crippen LogP contribution in [-0.2, 0) is 0 Å². The van der Waals surface area contributed by atoms with Gasteiger partial charge in [0.2, 0.25) is 0 Å². The van der Waals surface area contributed by atoms with E-state index in [9.17, 15) is 0 Å². The highest BCUT2D eigenvalue weighted by Gasteiger charge is 2.18. The van der Waals surface area contributed by atoms with Crippen molar-refractivity contribution in [1.29, 1.82) is 0 Å². The van der Waals surface area contributed by atoms with E-state index in [0.29, 0.717) is 0 Å². The summed E-state index contributed by atoms with van der Waals surface area (Å²) in [6.45, 7) is 0. The highest BCUT2D eigenvalue weighted by Crippen LogP contribution is 2.45. The molecular formula is C52H32O. The van der Waals surface area contributed by atoms with Gasteiger partial charge in [-0.05, 0) is 118 Å². The fourth-order valence-electron chi connectivity index (χ4n) is 8.54. The first kappa shape index (κ1) is 29.7. The number of benzene rings is 10. The molecular weight excluding hydrogens is 641 g/mol. The molecule has 0 saturated heterocycles. The van der Waals surface area contributed by atoms with Crippen molar-refractivity contribution in [3.8, 4) is 44.5 Å². The average molecular weight is 673 g/mol. The lowest BCUT2D eigenvalue weighted by molar-refractivity contribution is 0.669. The molecule has 0 spiro atoms. The summed E-state index contributed by atoms with van der Waals surface area (Å²) in [5.74, 6) is 0. The van der Waals surface area contributed by atoms with Crippen molar-refractivity contribution in [2.24, 2.45) is 0 Å². The molecule has 246 valence electrons. The van der Waals surface area contributed by atoms with Gasteiger partial charge in [0.25, 0.3) is 0 Å². The van der Waals surface area contributed by atoms with Gasteiger partial charge in [0.05, 0.1) is 0 Å². The van der Waals surface area contributed by atoms with Gasteiger partial charge in [-0.2, -0.15) is 0 Å². The largest absolute Gasteiger partial charge is 0.456 e. The van der Waals surface area contributed by atoms with Crippen LogP contribution in [0.25, 0.3) is 110 Å². The van der Waals surface area contributed by atoms with E-state index in [2.05, 4.69) is 194 Å². The molecule has 11 rings (SSSR count). The van der Waals surface area contributed by atoms with Gasteiger partial charge in [-0.25, -0.2) is 0 Å². The zero-order valence-electron chi connectivity index (χ0n) is 28.9. The molecule has 11 aromatic rings. The Balaban J connectivity index is 1.06. The SMILES string of the molecule is c1cc(-c2ccc3oc4cc5ccccc5cc4c3c2)cc(-c2c3ccccc3c(-c3ccc(-c4cccc5ccccc45)cc3)c3ccccc23)c1. The van der Waals surface area contributed by atoms with E-state index >= 15 is 0 Å². The Labute approximate surface area is 307 Å². The Morgan fingerprint density at radius 3 is 1.45 bits per heavy atom. The van der Waals surface area contributed by atoms with Gasteiger partial charge in [0, 0.05) is 10.8 Å². The molecule has 0 aliphatic heterocycles. The van der Waals surface area contributed by atoms with Gasteiger partial charge in [-0.15, -0.1) is 0 Å². The molecule has 53 heavy (non-hydrogen) atoms. The first-order valence-corrected chi connectivity index (χ1v) is 18.2. The fraction of sp³-hybridized carbons (Fsp3) is 0. The third-order valence-electron chi connectivity index (χ3n) is 11.0. The number of hydrogen-bond acceptors (Lipinski definition) is 1. The number of furan rings is 1. The Morgan fingerprint density at radius 1 is 0.245 bits per heavy atom. The third-order valence-corrected chi connectivity index (χ3v) is 11.0. The second-order valence-electron chi connectivity index (χ2n) is 14.0. The summed E-state index contributed by atoms with van der Waals surface area (Å²) in [6, 6.07) is 70.6. The fourth-order valence-corrected chi connectivity index (χ4v) is 8.54. The zero-order valence-corrected chi connectivity index (χ0v) is 28.9. The molecule has 0 N–H and O–H groups in total. The standard InChI is InChI=1S/C52H32O/c1-2-13-38-32-50-48(30-37(38)12-1)47-31-39(27-28-49(47)53-50)36-15-9-16-40(29-36)52-45-20-7-5-18-43(45)51(44-19-6-8-21-46(44)52)35-25-23-34(24-26-35)42-22-10-14-33-11-3-4-17-41(33)42/h1-32H. The van der Waals surface area contributed by atoms with Crippen molar-refractivity contribution < 1.29 is 4.42 Å². The summed E-state index contributed by atoms with van der Waals surface area (Å²) in [4.78, 5) is 0. The van der Waals surface area contributed by atoms with Crippen LogP contribution in [0.3, 0.4) is 0 Å². The maximum Gasteiger partial charge on any atom is 0.136 e. The van der Waals surface area contributed by atoms with Crippen LogP contribution in [0.4, 0.5) is 0 Å². The summed E-state index contributed by atoms with van der Waals surface area (Å²) >= 11 is 0. The molecule has 0 unspecified atom stereocenters. The zero-order chi connectivity index (χ0) is 34.9. The minimum Gasteiger partial charge on any atom is -0.456 e. The van der Waals surface area contributed by atoms with Gasteiger partial charge < -0.3 is 4.42 Å². The Morgan fingerprint density at radius 2 is 0.736 bits per heavy atom. The van der Waals surface area contributed by atoms with Crippen molar-refractivity contribution in [3.63, 3.8) is 0 Å². The van der Waals surface area contributed by atoms with Crippen LogP contribution < -0.4 is 0 Å². The van der Waals surface area contributed by atoms with Crippen molar-refractivity contribution in [2.75, 3.05) is 0 Å². The Bertz CT molecular complexity index is 3150. The topological polar surface area (TPSA) is 13.1 Å². The van der Waals surface area contributed by atoms with Gasteiger partial charge in [-0.3, -0.25) is 0 Å². The number of rotatable bonds is 4. The normalized spacial score (nSPS) is 11.8. The van der Waals surface area contributed by atoms with E-state index in [-0.39, 0.29) is 0 Å². The van der Waals surface area contributed by atoms with E-state index in [1.165, 1.54) is 87.6 Å². The van der Waals surface area contributed by atoms with Crippen LogP contribution in [0, 0.1) is 0 Å². The predicted molar refractivity (Wildman–Crippen MR) is 225 cm³/mol. The van der Waals surface area contributed by atoms with Crippen molar-refractivity contribution in [1.82, 2.24) is 0 Å². The molecule has 0 bridgehead atoms. The highest BCUT2D eigenvalue weighted by atomic mass is 16.3. The quantitative estimate of drug-likeness (QED) is 0.170. The molecule has 1 heteroatoms. The lowest BCUT2D eigenvalue weighted by Crippen LogP contribution is -1.91. The first-order chi connectivity index (χ1) is 26.3. The highest BCUT2D eigenvalue weighted by molar-refractivity contribution is 6.21. The second-order valence-corrected chi connectivity index (χ2v) is 14.0. The second kappa shape index (κ2) is 11.8. The lowest BCUT2D eigenvalue weighted by Gasteiger charge is -2.18. The third kappa shape index (κ3) is 4.79. The van der Waals surface area contributed by atoms with Gasteiger partial charge in [0.15, 0.2) is 0 Å². The van der Waals surface area contributed by atoms with Gasteiger partial charge in [0.1, 0.15) is 11.2 Å². The monoisotopic (exact) mass is 672 g/mol. The maximum atomic E-state index is 6.33. The summed E-state index contributed by atoms with van der Waals surface area (Å²) in [5, 5.41) is 12.2. The molecule has 0 saturated carbocycles. The molecule has 0 amide bonds. The van der Waals surface area contributed by atoms with Crippen LogP contribution in [0.5, 0.6) is 0 Å². The number of hydrogen-bond donors (Lipinski definition) is 0. The van der Waals surface area contributed by atoms with E-state index in [1.807, 2.05) is 0 Å². The summed E-state index contributed by atoms with van der Waals surface area (Å²) in [6.07, 6.45) is 0. The van der Waals surface area contributed by atoms with Crippen LogP contribution in [-0.4, -0.2) is 0 Å². The van der Waals surface area contributed by atoms with E-state index in [4.69, 9.17) is 4.42 Å². The molecule has 0 atom stereocenters. The van der Waals surface area contributed by atoms with Gasteiger partial charge >= 0.3 is 0 Å². The number of fused-ring (bicyclic) bond motifs is 7. The molecule has 0 radical (unpaired) electrons. The molecule has 10 aromatic carbocycles. The van der Waals surface area contributed by atoms with E-state index in [1.54, 1.807) is 0 Å². The van der Waals surface area contributed by atoms with Crippen molar-refractivity contribution in [3.05, 3.63) is 194 Å². The molecule has 0 aliphatic rings. The van der Waals surface area contributed by atoms with Crippen LogP contribution >= 0.6 is 0 Å². The summed E-state index contributed by atoms with van der Waals surface area (Å²) in [7, 11) is 0. The molecule has 0 aliphatic carbocycles. The molecule has 1 nitrogen and oxygen atoms in total. The van der Waals surface area contributed by atoms with Crippen molar-refractivity contribution in [2.45, 2.75) is 0 Å². The van der Waals surface area contributed by atoms with Crippen LogP contribution in [0.2, 0.25) is 0 Å². The van der Waals surface area contributed by atoms with Crippen LogP contribution in [0.1, 0.15) is 0 Å².